The second-order valence-electron chi connectivity index (χ2n) is 4.95. The van der Waals surface area contributed by atoms with E-state index in [0.29, 0.717) is 19.0 Å². The van der Waals surface area contributed by atoms with E-state index in [2.05, 4.69) is 25.8 Å². The smallest absolute Gasteiger partial charge is 0.191 e. The van der Waals surface area contributed by atoms with E-state index in [0.717, 1.165) is 17.0 Å². The molecule has 0 unspecified atom stereocenters. The third-order valence-electron chi connectivity index (χ3n) is 3.40. The lowest BCUT2D eigenvalue weighted by molar-refractivity contribution is 0.626. The summed E-state index contributed by atoms with van der Waals surface area (Å²) in [6.45, 7) is 1.05. The van der Waals surface area contributed by atoms with Crippen LogP contribution in [0, 0.1) is 5.82 Å². The first-order valence-electron chi connectivity index (χ1n) is 7.24. The molecular weight excluding hydrogens is 422 g/mol. The van der Waals surface area contributed by atoms with Gasteiger partial charge in [-0.1, -0.05) is 18.2 Å². The summed E-state index contributed by atoms with van der Waals surface area (Å²) in [6, 6.07) is 12.1. The lowest BCUT2D eigenvalue weighted by Gasteiger charge is -2.11. The fourth-order valence-electron chi connectivity index (χ4n) is 2.18. The molecule has 2 heterocycles. The molecule has 24 heavy (non-hydrogen) atoms. The molecule has 0 aliphatic carbocycles. The molecular formula is C16H18FIN6. The van der Waals surface area contributed by atoms with Crippen molar-refractivity contribution in [2.45, 2.75) is 13.1 Å². The molecule has 3 rings (SSSR count). The first-order valence-corrected chi connectivity index (χ1v) is 7.24. The van der Waals surface area contributed by atoms with E-state index in [1.807, 2.05) is 28.8 Å². The van der Waals surface area contributed by atoms with Crippen LogP contribution in [0.2, 0.25) is 0 Å². The van der Waals surface area contributed by atoms with Gasteiger partial charge in [-0.15, -0.1) is 34.2 Å². The summed E-state index contributed by atoms with van der Waals surface area (Å²) in [6.07, 6.45) is 1.92. The van der Waals surface area contributed by atoms with Gasteiger partial charge in [0.1, 0.15) is 5.82 Å². The Kier molecular flexibility index (Phi) is 6.47. The molecule has 0 amide bonds. The van der Waals surface area contributed by atoms with Gasteiger partial charge in [0, 0.05) is 19.8 Å². The van der Waals surface area contributed by atoms with Crippen LogP contribution in [0.3, 0.4) is 0 Å². The number of nitrogens with zero attached hydrogens (tertiary/aromatic N) is 4. The molecule has 1 aromatic carbocycles. The Morgan fingerprint density at radius 2 is 1.83 bits per heavy atom. The summed E-state index contributed by atoms with van der Waals surface area (Å²) in [7, 11) is 1.70. The molecule has 0 saturated heterocycles. The van der Waals surface area contributed by atoms with E-state index in [4.69, 9.17) is 0 Å². The minimum absolute atomic E-state index is 0. The zero-order chi connectivity index (χ0) is 16.1. The minimum Gasteiger partial charge on any atom is -0.352 e. The average Bonchev–Trinajstić information content (AvgIpc) is 3.00. The van der Waals surface area contributed by atoms with Gasteiger partial charge in [-0.3, -0.25) is 9.39 Å². The molecule has 0 atom stereocenters. The van der Waals surface area contributed by atoms with Gasteiger partial charge in [0.15, 0.2) is 17.4 Å². The van der Waals surface area contributed by atoms with Gasteiger partial charge < -0.3 is 10.6 Å². The van der Waals surface area contributed by atoms with Crippen LogP contribution in [0.25, 0.3) is 5.65 Å². The van der Waals surface area contributed by atoms with E-state index < -0.39 is 0 Å². The Morgan fingerprint density at radius 3 is 2.58 bits per heavy atom. The number of hydrogen-bond donors (Lipinski definition) is 2. The van der Waals surface area contributed by atoms with Crippen molar-refractivity contribution < 1.29 is 4.39 Å². The molecule has 3 aromatic rings. The monoisotopic (exact) mass is 440 g/mol. The number of nitrogens with one attached hydrogen (secondary N) is 2. The van der Waals surface area contributed by atoms with E-state index >= 15 is 0 Å². The minimum atomic E-state index is -0.241. The molecule has 0 radical (unpaired) electrons. The second-order valence-corrected chi connectivity index (χ2v) is 4.95. The molecule has 0 bridgehead atoms. The normalized spacial score (nSPS) is 11.2. The molecule has 0 aliphatic rings. The number of aromatic nitrogens is 3. The zero-order valence-electron chi connectivity index (χ0n) is 13.1. The molecule has 6 nitrogen and oxygen atoms in total. The van der Waals surface area contributed by atoms with Crippen molar-refractivity contribution in [2.24, 2.45) is 4.99 Å². The highest BCUT2D eigenvalue weighted by molar-refractivity contribution is 14.0. The molecule has 0 spiro atoms. The molecule has 0 fully saturated rings. The Morgan fingerprint density at radius 1 is 1.08 bits per heavy atom. The summed E-state index contributed by atoms with van der Waals surface area (Å²) in [5, 5.41) is 14.6. The second kappa shape index (κ2) is 8.57. The van der Waals surface area contributed by atoms with Crippen molar-refractivity contribution in [2.75, 3.05) is 7.05 Å². The quantitative estimate of drug-likeness (QED) is 0.372. The van der Waals surface area contributed by atoms with Crippen molar-refractivity contribution in [1.82, 2.24) is 25.2 Å². The number of rotatable bonds is 4. The number of hydrogen-bond acceptors (Lipinski definition) is 3. The summed E-state index contributed by atoms with van der Waals surface area (Å²) in [5.41, 5.74) is 1.78. The molecule has 8 heteroatoms. The van der Waals surface area contributed by atoms with Crippen molar-refractivity contribution >= 4 is 35.6 Å². The average molecular weight is 440 g/mol. The Bertz CT molecular complexity index is 815. The van der Waals surface area contributed by atoms with Gasteiger partial charge in [0.2, 0.25) is 0 Å². The number of pyridine rings is 1. The molecule has 0 saturated carbocycles. The maximum absolute atomic E-state index is 12.9. The van der Waals surface area contributed by atoms with Crippen molar-refractivity contribution in [3.8, 4) is 0 Å². The highest BCUT2D eigenvalue weighted by Gasteiger charge is 2.05. The number of aliphatic imine (C=N–C) groups is 1. The van der Waals surface area contributed by atoms with Gasteiger partial charge in [0.05, 0.1) is 6.54 Å². The fraction of sp³-hybridized carbons (Fsp3) is 0.188. The van der Waals surface area contributed by atoms with Gasteiger partial charge in [-0.2, -0.15) is 0 Å². The zero-order valence-corrected chi connectivity index (χ0v) is 15.4. The van der Waals surface area contributed by atoms with E-state index in [1.165, 1.54) is 12.1 Å². The first-order chi connectivity index (χ1) is 11.3. The SMILES string of the molecule is CN=C(NCc1ccc(F)cc1)NCc1nnc2ccccn12.I. The number of halogens is 2. The van der Waals surface area contributed by atoms with Gasteiger partial charge in [-0.25, -0.2) is 4.39 Å². The van der Waals surface area contributed by atoms with Crippen LogP contribution in [0.4, 0.5) is 4.39 Å². The standard InChI is InChI=1S/C16H17FN6.HI/c1-18-16(19-10-12-5-7-13(17)8-6-12)20-11-15-22-21-14-4-2-3-9-23(14)15;/h2-9H,10-11H2,1H3,(H2,18,19,20);1H. The van der Waals surface area contributed by atoms with E-state index in [9.17, 15) is 4.39 Å². The van der Waals surface area contributed by atoms with Crippen LogP contribution in [0.1, 0.15) is 11.4 Å². The number of benzene rings is 1. The van der Waals surface area contributed by atoms with Gasteiger partial charge in [0.25, 0.3) is 0 Å². The van der Waals surface area contributed by atoms with Crippen LogP contribution >= 0.6 is 24.0 Å². The van der Waals surface area contributed by atoms with E-state index in [1.54, 1.807) is 19.2 Å². The lowest BCUT2D eigenvalue weighted by Crippen LogP contribution is -2.36. The first kappa shape index (κ1) is 18.1. The summed E-state index contributed by atoms with van der Waals surface area (Å²) in [5.74, 6) is 1.20. The van der Waals surface area contributed by atoms with E-state index in [-0.39, 0.29) is 29.8 Å². The predicted molar refractivity (Wildman–Crippen MR) is 102 cm³/mol. The molecule has 2 N–H and O–H groups in total. The van der Waals surface area contributed by atoms with Gasteiger partial charge in [-0.05, 0) is 29.8 Å². The Hall–Kier alpha value is -2.23. The lowest BCUT2D eigenvalue weighted by atomic mass is 10.2. The fourth-order valence-corrected chi connectivity index (χ4v) is 2.18. The Balaban J connectivity index is 0.00000208. The van der Waals surface area contributed by atoms with Crippen molar-refractivity contribution in [3.63, 3.8) is 0 Å². The predicted octanol–water partition coefficient (Wildman–Crippen LogP) is 2.35. The summed E-state index contributed by atoms with van der Waals surface area (Å²) < 4.78 is 14.8. The van der Waals surface area contributed by atoms with Crippen LogP contribution < -0.4 is 10.6 Å². The maximum atomic E-state index is 12.9. The van der Waals surface area contributed by atoms with Crippen molar-refractivity contribution in [1.29, 1.82) is 0 Å². The van der Waals surface area contributed by atoms with Gasteiger partial charge >= 0.3 is 0 Å². The molecule has 2 aromatic heterocycles. The number of fused-ring (bicyclic) bond motifs is 1. The number of guanidine groups is 1. The van der Waals surface area contributed by atoms with Crippen LogP contribution in [-0.4, -0.2) is 27.6 Å². The third-order valence-corrected chi connectivity index (χ3v) is 3.40. The summed E-state index contributed by atoms with van der Waals surface area (Å²) >= 11 is 0. The van der Waals surface area contributed by atoms with Crippen LogP contribution in [-0.2, 0) is 13.1 Å². The maximum Gasteiger partial charge on any atom is 0.191 e. The Labute approximate surface area is 156 Å². The summed E-state index contributed by atoms with van der Waals surface area (Å²) in [4.78, 5) is 4.16. The van der Waals surface area contributed by atoms with Crippen LogP contribution in [0.15, 0.2) is 53.7 Å². The highest BCUT2D eigenvalue weighted by atomic mass is 127. The highest BCUT2D eigenvalue weighted by Crippen LogP contribution is 2.03. The topological polar surface area (TPSA) is 66.6 Å². The molecule has 0 aliphatic heterocycles. The molecule has 126 valence electrons. The third kappa shape index (κ3) is 4.40. The largest absolute Gasteiger partial charge is 0.352 e. The van der Waals surface area contributed by atoms with Crippen LogP contribution in [0.5, 0.6) is 0 Å². The van der Waals surface area contributed by atoms with Crippen molar-refractivity contribution in [3.05, 3.63) is 65.9 Å².